The zero-order chi connectivity index (χ0) is 9.57. The fraction of sp³-hybridized carbons (Fsp3) is 0.900. The van der Waals surface area contributed by atoms with Crippen molar-refractivity contribution in [1.82, 2.24) is 0 Å². The molecule has 1 nitrogen and oxygen atoms in total. The molecule has 0 aromatic carbocycles. The number of hydrogen-bond acceptors (Lipinski definition) is 1. The molecule has 0 N–H and O–H groups in total. The van der Waals surface area contributed by atoms with E-state index in [0.29, 0.717) is 0 Å². The first-order chi connectivity index (χ1) is 5.31. The van der Waals surface area contributed by atoms with Crippen molar-refractivity contribution in [2.75, 3.05) is 0 Å². The van der Waals surface area contributed by atoms with Gasteiger partial charge in [0.1, 0.15) is 12.0 Å². The van der Waals surface area contributed by atoms with Crippen LogP contribution in [-0.2, 0) is 4.79 Å². The molecule has 1 rings (SSSR count). The Hall–Kier alpha value is -0.400. The standard InChI is InChI=1S/C10H17FO/c1-7(11)10(5-6-10)8(12)9(2,3)4/h7H,5-6H2,1-4H3. The monoisotopic (exact) mass is 172 g/mol. The molecule has 0 heterocycles. The van der Waals surface area contributed by atoms with Crippen LogP contribution in [0.2, 0.25) is 0 Å². The maximum absolute atomic E-state index is 13.1. The van der Waals surface area contributed by atoms with Crippen LogP contribution in [-0.4, -0.2) is 12.0 Å². The molecule has 0 spiro atoms. The van der Waals surface area contributed by atoms with E-state index >= 15 is 0 Å². The molecule has 12 heavy (non-hydrogen) atoms. The Morgan fingerprint density at radius 1 is 1.42 bits per heavy atom. The second-order valence-electron chi connectivity index (χ2n) is 4.85. The Morgan fingerprint density at radius 3 is 1.92 bits per heavy atom. The fourth-order valence-electron chi connectivity index (χ4n) is 1.69. The summed E-state index contributed by atoms with van der Waals surface area (Å²) in [6, 6.07) is 0. The van der Waals surface area contributed by atoms with E-state index in [9.17, 15) is 9.18 Å². The molecule has 0 radical (unpaired) electrons. The highest BCUT2D eigenvalue weighted by molar-refractivity contribution is 5.92. The number of hydrogen-bond donors (Lipinski definition) is 0. The molecule has 1 unspecified atom stereocenters. The van der Waals surface area contributed by atoms with Gasteiger partial charge in [-0.15, -0.1) is 0 Å². The normalized spacial score (nSPS) is 23.4. The molecule has 1 saturated carbocycles. The highest BCUT2D eigenvalue weighted by Gasteiger charge is 2.56. The zero-order valence-electron chi connectivity index (χ0n) is 8.28. The lowest BCUT2D eigenvalue weighted by Gasteiger charge is -2.25. The number of Topliss-reactive ketones (excluding diaryl/α,β-unsaturated/α-hetero) is 1. The molecular weight excluding hydrogens is 155 g/mol. The van der Waals surface area contributed by atoms with Gasteiger partial charge >= 0.3 is 0 Å². The topological polar surface area (TPSA) is 17.1 Å². The smallest absolute Gasteiger partial charge is 0.147 e. The van der Waals surface area contributed by atoms with Crippen molar-refractivity contribution in [2.24, 2.45) is 10.8 Å². The maximum atomic E-state index is 13.1. The van der Waals surface area contributed by atoms with Crippen LogP contribution in [0.15, 0.2) is 0 Å². The van der Waals surface area contributed by atoms with Gasteiger partial charge in [-0.2, -0.15) is 0 Å². The van der Waals surface area contributed by atoms with Crippen molar-refractivity contribution in [3.8, 4) is 0 Å². The van der Waals surface area contributed by atoms with Gasteiger partial charge in [-0.1, -0.05) is 20.8 Å². The van der Waals surface area contributed by atoms with E-state index < -0.39 is 17.0 Å². The lowest BCUT2D eigenvalue weighted by atomic mass is 9.79. The summed E-state index contributed by atoms with van der Waals surface area (Å²) in [5.41, 5.74) is -1.00. The van der Waals surface area contributed by atoms with Gasteiger partial charge in [-0.25, -0.2) is 4.39 Å². The molecule has 1 aliphatic carbocycles. The largest absolute Gasteiger partial charge is 0.298 e. The first-order valence-electron chi connectivity index (χ1n) is 4.50. The third-order valence-electron chi connectivity index (χ3n) is 2.68. The Morgan fingerprint density at radius 2 is 1.83 bits per heavy atom. The summed E-state index contributed by atoms with van der Waals surface area (Å²) < 4.78 is 13.1. The molecule has 0 bridgehead atoms. The van der Waals surface area contributed by atoms with Crippen molar-refractivity contribution < 1.29 is 9.18 Å². The summed E-state index contributed by atoms with van der Waals surface area (Å²) in [6.07, 6.45) is 0.492. The third-order valence-corrected chi connectivity index (χ3v) is 2.68. The third kappa shape index (κ3) is 1.39. The van der Waals surface area contributed by atoms with Crippen LogP contribution in [0.3, 0.4) is 0 Å². The number of carbonyl (C=O) groups excluding carboxylic acids is 1. The fourth-order valence-corrected chi connectivity index (χ4v) is 1.69. The quantitative estimate of drug-likeness (QED) is 0.626. The average molecular weight is 172 g/mol. The van der Waals surface area contributed by atoms with Gasteiger partial charge in [0.15, 0.2) is 0 Å². The maximum Gasteiger partial charge on any atom is 0.147 e. The van der Waals surface area contributed by atoms with Crippen molar-refractivity contribution >= 4 is 5.78 Å². The number of ketones is 1. The van der Waals surface area contributed by atoms with Gasteiger partial charge in [0.25, 0.3) is 0 Å². The second-order valence-corrected chi connectivity index (χ2v) is 4.85. The highest BCUT2D eigenvalue weighted by Crippen LogP contribution is 2.54. The number of alkyl halides is 1. The van der Waals surface area contributed by atoms with Crippen LogP contribution in [0.5, 0.6) is 0 Å². The summed E-state index contributed by atoms with van der Waals surface area (Å²) in [7, 11) is 0. The van der Waals surface area contributed by atoms with E-state index in [4.69, 9.17) is 0 Å². The predicted octanol–water partition coefficient (Wildman–Crippen LogP) is 2.74. The molecule has 0 amide bonds. The molecular formula is C10H17FO. The van der Waals surface area contributed by atoms with Gasteiger partial charge in [0, 0.05) is 5.41 Å². The summed E-state index contributed by atoms with van der Waals surface area (Å²) >= 11 is 0. The number of carbonyl (C=O) groups is 1. The van der Waals surface area contributed by atoms with Crippen molar-refractivity contribution in [1.29, 1.82) is 0 Å². The molecule has 0 aromatic heterocycles. The first-order valence-corrected chi connectivity index (χ1v) is 4.50. The summed E-state index contributed by atoms with van der Waals surface area (Å²) in [4.78, 5) is 11.8. The number of rotatable bonds is 2. The molecule has 0 saturated heterocycles. The van der Waals surface area contributed by atoms with Crippen LogP contribution >= 0.6 is 0 Å². The van der Waals surface area contributed by atoms with E-state index in [-0.39, 0.29) is 5.78 Å². The predicted molar refractivity (Wildman–Crippen MR) is 46.7 cm³/mol. The van der Waals surface area contributed by atoms with Gasteiger partial charge in [-0.05, 0) is 19.8 Å². The lowest BCUT2D eigenvalue weighted by molar-refractivity contribution is -0.134. The second kappa shape index (κ2) is 2.54. The van der Waals surface area contributed by atoms with Crippen LogP contribution < -0.4 is 0 Å². The number of halogens is 1. The van der Waals surface area contributed by atoms with Crippen LogP contribution in [0.4, 0.5) is 4.39 Å². The summed E-state index contributed by atoms with van der Waals surface area (Å²) in [6.45, 7) is 7.07. The van der Waals surface area contributed by atoms with E-state index in [1.165, 1.54) is 6.92 Å². The minimum absolute atomic E-state index is 0.0880. The van der Waals surface area contributed by atoms with Crippen molar-refractivity contribution in [3.63, 3.8) is 0 Å². The van der Waals surface area contributed by atoms with Gasteiger partial charge < -0.3 is 0 Å². The Balaban J connectivity index is 2.78. The van der Waals surface area contributed by atoms with Crippen molar-refractivity contribution in [2.45, 2.75) is 46.7 Å². The molecule has 70 valence electrons. The molecule has 1 aliphatic rings. The van der Waals surface area contributed by atoms with Gasteiger partial charge in [0.05, 0.1) is 5.41 Å². The Bertz CT molecular complexity index is 196. The highest BCUT2D eigenvalue weighted by atomic mass is 19.1. The summed E-state index contributed by atoms with van der Waals surface area (Å²) in [5.74, 6) is 0.0880. The summed E-state index contributed by atoms with van der Waals surface area (Å²) in [5, 5.41) is 0. The Labute approximate surface area is 73.3 Å². The Kier molecular flexibility index (Phi) is 2.05. The average Bonchev–Trinajstić information content (AvgIpc) is 2.62. The van der Waals surface area contributed by atoms with Gasteiger partial charge in [0.2, 0.25) is 0 Å². The van der Waals surface area contributed by atoms with E-state index in [1.54, 1.807) is 0 Å². The van der Waals surface area contributed by atoms with Gasteiger partial charge in [-0.3, -0.25) is 4.79 Å². The molecule has 1 atom stereocenters. The minimum Gasteiger partial charge on any atom is -0.298 e. The first kappa shape index (κ1) is 9.69. The van der Waals surface area contributed by atoms with Crippen LogP contribution in [0.25, 0.3) is 0 Å². The van der Waals surface area contributed by atoms with E-state index in [1.807, 2.05) is 20.8 Å². The lowest BCUT2D eigenvalue weighted by Crippen LogP contribution is -2.34. The molecule has 1 fully saturated rings. The van der Waals surface area contributed by atoms with E-state index in [2.05, 4.69) is 0 Å². The minimum atomic E-state index is -0.982. The van der Waals surface area contributed by atoms with Crippen LogP contribution in [0.1, 0.15) is 40.5 Å². The van der Waals surface area contributed by atoms with E-state index in [0.717, 1.165) is 12.8 Å². The zero-order valence-corrected chi connectivity index (χ0v) is 8.28. The SMILES string of the molecule is CC(F)C1(C(=O)C(C)(C)C)CC1. The van der Waals surface area contributed by atoms with Crippen LogP contribution in [0, 0.1) is 10.8 Å². The molecule has 0 aliphatic heterocycles. The molecule has 2 heteroatoms. The molecule has 0 aromatic rings. The van der Waals surface area contributed by atoms with Crippen molar-refractivity contribution in [3.05, 3.63) is 0 Å².